The molecule has 2 N–H and O–H groups in total. The number of piperazine rings is 1. The summed E-state index contributed by atoms with van der Waals surface area (Å²) < 4.78 is 0. The Morgan fingerprint density at radius 2 is 1.76 bits per heavy atom. The van der Waals surface area contributed by atoms with Gasteiger partial charge in [0, 0.05) is 39.3 Å². The number of nitrogens with zero attached hydrogens (tertiary/aromatic N) is 3. The van der Waals surface area contributed by atoms with Crippen LogP contribution in [-0.2, 0) is 11.2 Å². The summed E-state index contributed by atoms with van der Waals surface area (Å²) in [5, 5.41) is 12.3. The Kier molecular flexibility index (Phi) is 9.41. The Bertz CT molecular complexity index is 630. The van der Waals surface area contributed by atoms with Gasteiger partial charge in [-0.25, -0.2) is 4.79 Å². The lowest BCUT2D eigenvalue weighted by Gasteiger charge is -2.35. The first-order valence-corrected chi connectivity index (χ1v) is 10.6. The molecule has 1 aromatic carbocycles. The number of urea groups is 1. The molecule has 0 bridgehead atoms. The van der Waals surface area contributed by atoms with Crippen molar-refractivity contribution in [3.05, 3.63) is 35.9 Å². The summed E-state index contributed by atoms with van der Waals surface area (Å²) in [5.41, 5.74) is 1.13. The molecule has 162 valence electrons. The Balaban J connectivity index is 2.00. The Hall–Kier alpha value is -2.12. The zero-order valence-electron chi connectivity index (χ0n) is 18.0. The summed E-state index contributed by atoms with van der Waals surface area (Å²) in [6.45, 7) is 7.81. The van der Waals surface area contributed by atoms with Crippen molar-refractivity contribution in [2.24, 2.45) is 5.92 Å². The highest BCUT2D eigenvalue weighted by atomic mass is 16.3. The lowest BCUT2D eigenvalue weighted by Crippen LogP contribution is -2.56. The molecule has 1 atom stereocenters. The van der Waals surface area contributed by atoms with Crippen LogP contribution in [0.15, 0.2) is 30.3 Å². The average molecular weight is 405 g/mol. The van der Waals surface area contributed by atoms with Crippen molar-refractivity contribution >= 4 is 11.9 Å². The molecule has 29 heavy (non-hydrogen) atoms. The van der Waals surface area contributed by atoms with Crippen LogP contribution in [0.2, 0.25) is 0 Å². The molecule has 2 rings (SSSR count). The molecular formula is C22H36N4O3. The van der Waals surface area contributed by atoms with E-state index in [9.17, 15) is 14.7 Å². The fourth-order valence-corrected chi connectivity index (χ4v) is 3.52. The smallest absolute Gasteiger partial charge is 0.318 e. The van der Waals surface area contributed by atoms with Crippen LogP contribution in [0.3, 0.4) is 0 Å². The van der Waals surface area contributed by atoms with Gasteiger partial charge >= 0.3 is 6.03 Å². The van der Waals surface area contributed by atoms with Crippen molar-refractivity contribution < 1.29 is 14.7 Å². The highest BCUT2D eigenvalue weighted by molar-refractivity contribution is 5.87. The lowest BCUT2D eigenvalue weighted by molar-refractivity contribution is -0.135. The second-order valence-corrected chi connectivity index (χ2v) is 8.21. The number of rotatable bonds is 9. The van der Waals surface area contributed by atoms with E-state index in [0.717, 1.165) is 18.7 Å². The van der Waals surface area contributed by atoms with Crippen molar-refractivity contribution in [1.82, 2.24) is 20.0 Å². The molecule has 1 heterocycles. The number of nitrogens with one attached hydrogen (secondary N) is 1. The SMILES string of the molecule is CC(C)C[C@H](NC(=O)N(CCO)CCc1ccccc1)C(=O)N1CCN(C)CC1. The topological polar surface area (TPSA) is 76.1 Å². The van der Waals surface area contributed by atoms with Crippen molar-refractivity contribution in [1.29, 1.82) is 0 Å². The van der Waals surface area contributed by atoms with E-state index in [-0.39, 0.29) is 31.0 Å². The highest BCUT2D eigenvalue weighted by Gasteiger charge is 2.29. The van der Waals surface area contributed by atoms with Gasteiger partial charge < -0.3 is 25.1 Å². The number of carbonyl (C=O) groups is 2. The monoisotopic (exact) mass is 404 g/mol. The first-order chi connectivity index (χ1) is 13.9. The van der Waals surface area contributed by atoms with Gasteiger partial charge in [0.2, 0.25) is 5.91 Å². The average Bonchev–Trinajstić information content (AvgIpc) is 2.71. The molecule has 0 aliphatic carbocycles. The van der Waals surface area contributed by atoms with Crippen LogP contribution in [0.25, 0.3) is 0 Å². The Morgan fingerprint density at radius 1 is 1.10 bits per heavy atom. The van der Waals surface area contributed by atoms with E-state index in [1.54, 1.807) is 4.90 Å². The minimum atomic E-state index is -0.538. The zero-order chi connectivity index (χ0) is 21.2. The predicted octanol–water partition coefficient (Wildman–Crippen LogP) is 1.42. The molecular weight excluding hydrogens is 368 g/mol. The van der Waals surface area contributed by atoms with Crippen molar-refractivity contribution in [2.75, 3.05) is 52.9 Å². The Morgan fingerprint density at radius 3 is 2.34 bits per heavy atom. The second kappa shape index (κ2) is 11.8. The number of aliphatic hydroxyl groups is 1. The largest absolute Gasteiger partial charge is 0.395 e. The second-order valence-electron chi connectivity index (χ2n) is 8.21. The van der Waals surface area contributed by atoms with Crippen LogP contribution >= 0.6 is 0 Å². The molecule has 0 radical (unpaired) electrons. The maximum atomic E-state index is 13.1. The van der Waals surface area contributed by atoms with E-state index < -0.39 is 6.04 Å². The van der Waals surface area contributed by atoms with Gasteiger partial charge in [-0.3, -0.25) is 4.79 Å². The van der Waals surface area contributed by atoms with Gasteiger partial charge in [-0.05, 0) is 31.4 Å². The van der Waals surface area contributed by atoms with Gasteiger partial charge in [-0.1, -0.05) is 44.2 Å². The van der Waals surface area contributed by atoms with Gasteiger partial charge in [0.15, 0.2) is 0 Å². The van der Waals surface area contributed by atoms with Crippen molar-refractivity contribution in [3.8, 4) is 0 Å². The maximum Gasteiger partial charge on any atom is 0.318 e. The van der Waals surface area contributed by atoms with Crippen molar-refractivity contribution in [2.45, 2.75) is 32.7 Å². The first-order valence-electron chi connectivity index (χ1n) is 10.6. The number of hydrogen-bond donors (Lipinski definition) is 2. The highest BCUT2D eigenvalue weighted by Crippen LogP contribution is 2.11. The number of likely N-dealkylation sites (N-methyl/N-ethyl adjacent to an activating group) is 1. The summed E-state index contributed by atoms with van der Waals surface area (Å²) in [6.07, 6.45) is 1.30. The fourth-order valence-electron chi connectivity index (χ4n) is 3.52. The van der Waals surface area contributed by atoms with E-state index in [2.05, 4.69) is 31.1 Å². The molecule has 1 aliphatic heterocycles. The van der Waals surface area contributed by atoms with Gasteiger partial charge in [-0.2, -0.15) is 0 Å². The lowest BCUT2D eigenvalue weighted by atomic mass is 10.0. The summed E-state index contributed by atoms with van der Waals surface area (Å²) in [4.78, 5) is 31.6. The van der Waals surface area contributed by atoms with Crippen LogP contribution in [0.5, 0.6) is 0 Å². The third-order valence-corrected chi connectivity index (χ3v) is 5.29. The molecule has 0 unspecified atom stereocenters. The molecule has 1 saturated heterocycles. The number of benzene rings is 1. The number of hydrogen-bond acceptors (Lipinski definition) is 4. The van der Waals surface area contributed by atoms with Crippen molar-refractivity contribution in [3.63, 3.8) is 0 Å². The minimum Gasteiger partial charge on any atom is -0.395 e. The molecule has 3 amide bonds. The van der Waals surface area contributed by atoms with Crippen LogP contribution < -0.4 is 5.32 Å². The Labute approximate surface area is 174 Å². The van der Waals surface area contributed by atoms with Crippen LogP contribution in [0.4, 0.5) is 4.79 Å². The van der Waals surface area contributed by atoms with Gasteiger partial charge in [-0.15, -0.1) is 0 Å². The molecule has 1 aliphatic rings. The third-order valence-electron chi connectivity index (χ3n) is 5.29. The number of amides is 3. The minimum absolute atomic E-state index is 0.00726. The van der Waals surface area contributed by atoms with E-state index in [1.807, 2.05) is 35.2 Å². The standard InChI is InChI=1S/C22H36N4O3/c1-18(2)17-20(21(28)25-13-11-24(3)12-14-25)23-22(29)26(15-16-27)10-9-19-7-5-4-6-8-19/h4-8,18,20,27H,9-17H2,1-3H3,(H,23,29)/t20-/m0/s1. The van der Waals surface area contributed by atoms with Crippen LogP contribution in [0.1, 0.15) is 25.8 Å². The number of carbonyl (C=O) groups excluding carboxylic acids is 2. The van der Waals surface area contributed by atoms with E-state index in [4.69, 9.17) is 0 Å². The van der Waals surface area contributed by atoms with E-state index in [1.165, 1.54) is 0 Å². The van der Waals surface area contributed by atoms with Gasteiger partial charge in [0.05, 0.1) is 6.61 Å². The summed E-state index contributed by atoms with van der Waals surface area (Å²) in [5.74, 6) is 0.277. The van der Waals surface area contributed by atoms with Crippen LogP contribution in [0, 0.1) is 5.92 Å². The predicted molar refractivity (Wildman–Crippen MR) is 115 cm³/mol. The van der Waals surface area contributed by atoms with Crippen LogP contribution in [-0.4, -0.2) is 90.7 Å². The van der Waals surface area contributed by atoms with E-state index >= 15 is 0 Å². The quantitative estimate of drug-likeness (QED) is 0.653. The van der Waals surface area contributed by atoms with Gasteiger partial charge in [0.1, 0.15) is 6.04 Å². The molecule has 0 aromatic heterocycles. The molecule has 7 heteroatoms. The summed E-state index contributed by atoms with van der Waals surface area (Å²) >= 11 is 0. The molecule has 0 spiro atoms. The summed E-state index contributed by atoms with van der Waals surface area (Å²) in [7, 11) is 2.05. The normalized spacial score (nSPS) is 16.0. The first kappa shape index (κ1) is 23.2. The third kappa shape index (κ3) is 7.66. The van der Waals surface area contributed by atoms with Gasteiger partial charge in [0.25, 0.3) is 0 Å². The molecule has 0 saturated carbocycles. The number of aliphatic hydroxyl groups excluding tert-OH is 1. The molecule has 1 fully saturated rings. The molecule has 7 nitrogen and oxygen atoms in total. The fraction of sp³-hybridized carbons (Fsp3) is 0.636. The molecule has 1 aromatic rings. The summed E-state index contributed by atoms with van der Waals surface area (Å²) in [6, 6.07) is 9.12. The zero-order valence-corrected chi connectivity index (χ0v) is 18.0. The van der Waals surface area contributed by atoms with E-state index in [0.29, 0.717) is 32.5 Å². The maximum absolute atomic E-state index is 13.1.